The lowest BCUT2D eigenvalue weighted by molar-refractivity contribution is -0.142. The van der Waals surface area contributed by atoms with E-state index in [0.717, 1.165) is 0 Å². The maximum Gasteiger partial charge on any atom is 0.405 e. The number of benzene rings is 1. The molecule has 6 rings (SSSR count). The van der Waals surface area contributed by atoms with E-state index < -0.39 is 80.8 Å². The molecule has 4 aliphatic rings. The van der Waals surface area contributed by atoms with Gasteiger partial charge in [-0.2, -0.15) is 4.98 Å². The number of nitrogens with one attached hydrogen (secondary N) is 3. The molecule has 4 N–H and O–H groups in total. The summed E-state index contributed by atoms with van der Waals surface area (Å²) in [5.74, 6) is -2.33. The second kappa shape index (κ2) is 14.6. The molecule has 7 atom stereocenters. The van der Waals surface area contributed by atoms with Gasteiger partial charge >= 0.3 is 6.09 Å². The third-order valence-corrected chi connectivity index (χ3v) is 13.1. The molecule has 15 nitrogen and oxygen atoms in total. The molecule has 288 valence electrons. The van der Waals surface area contributed by atoms with Crippen LogP contribution in [0.3, 0.4) is 0 Å². The van der Waals surface area contributed by atoms with E-state index in [1.54, 1.807) is 37.3 Å². The van der Waals surface area contributed by atoms with Gasteiger partial charge in [0.15, 0.2) is 0 Å². The van der Waals surface area contributed by atoms with E-state index in [0.29, 0.717) is 35.8 Å². The maximum atomic E-state index is 14.4. The van der Waals surface area contributed by atoms with Gasteiger partial charge in [0, 0.05) is 23.8 Å². The number of ether oxygens (including phenoxy) is 3. The van der Waals surface area contributed by atoms with E-state index in [1.807, 2.05) is 17.7 Å². The number of aromatic nitrogens is 1. The fourth-order valence-corrected chi connectivity index (χ4v) is 8.97. The van der Waals surface area contributed by atoms with Crippen molar-refractivity contribution in [3.63, 3.8) is 0 Å². The standard InChI is InChI=1S/C36H46FN5O10S/c1-20-7-5-6-8-23-17-36(23,33(45)41-53(48,49)35(19-37)11-12-35)40-30(43)27-16-25(18-42(27)32(44)29(21(2)13-20)39-34(46)47)52-31-26-10-9-24(50-3)14-22(26)15-28(38-31)51-4/h6,8-10,14-15,20-21,23,25,27,29,39H,5,7,11-13,16-19H2,1-4H3,(H,40,43)(H,41,45)(H,46,47)/t20-,21+,23+,25+,27-,29-,36+/m0/s1. The molecular formula is C36H46FN5O10S. The molecule has 2 aromatic rings. The number of pyridine rings is 1. The Hall–Kier alpha value is -4.67. The Labute approximate surface area is 307 Å². The number of nitrogens with zero attached hydrogens (tertiary/aromatic N) is 2. The van der Waals surface area contributed by atoms with Gasteiger partial charge in [-0.25, -0.2) is 17.6 Å². The first-order valence-corrected chi connectivity index (χ1v) is 19.2. The van der Waals surface area contributed by atoms with Gasteiger partial charge in [-0.05, 0) is 73.9 Å². The topological polar surface area (TPSA) is 203 Å². The molecule has 2 aliphatic carbocycles. The highest BCUT2D eigenvalue weighted by Gasteiger charge is 2.64. The third kappa shape index (κ3) is 7.57. The Balaban J connectivity index is 1.35. The van der Waals surface area contributed by atoms with Crippen molar-refractivity contribution in [2.45, 2.75) is 87.3 Å². The molecule has 17 heteroatoms. The highest BCUT2D eigenvalue weighted by Crippen LogP contribution is 2.48. The number of methoxy groups -OCH3 is 2. The van der Waals surface area contributed by atoms with Crippen LogP contribution in [-0.4, -0.2) is 103 Å². The van der Waals surface area contributed by atoms with Gasteiger partial charge in [0.2, 0.25) is 33.6 Å². The van der Waals surface area contributed by atoms with Crippen LogP contribution in [0.25, 0.3) is 10.8 Å². The molecule has 1 saturated heterocycles. The normalized spacial score (nSPS) is 29.8. The van der Waals surface area contributed by atoms with Crippen LogP contribution in [0.2, 0.25) is 0 Å². The van der Waals surface area contributed by atoms with Crippen LogP contribution in [0.5, 0.6) is 17.5 Å². The quantitative estimate of drug-likeness (QED) is 0.274. The molecular weight excluding hydrogens is 713 g/mol. The largest absolute Gasteiger partial charge is 0.497 e. The summed E-state index contributed by atoms with van der Waals surface area (Å²) in [6.45, 7) is 2.49. The Bertz CT molecular complexity index is 1920. The summed E-state index contributed by atoms with van der Waals surface area (Å²) in [5, 5.41) is 16.2. The minimum atomic E-state index is -4.40. The predicted molar refractivity (Wildman–Crippen MR) is 190 cm³/mol. The van der Waals surface area contributed by atoms with E-state index in [1.165, 1.54) is 19.1 Å². The molecule has 3 fully saturated rings. The molecule has 2 aliphatic heterocycles. The predicted octanol–water partition coefficient (Wildman–Crippen LogP) is 3.07. The highest BCUT2D eigenvalue weighted by molar-refractivity contribution is 7.91. The zero-order valence-corrected chi connectivity index (χ0v) is 30.9. The van der Waals surface area contributed by atoms with Gasteiger partial charge in [-0.1, -0.05) is 26.0 Å². The summed E-state index contributed by atoms with van der Waals surface area (Å²) < 4.78 is 57.5. The Kier molecular flexibility index (Phi) is 10.5. The lowest BCUT2D eigenvalue weighted by Crippen LogP contribution is -2.59. The smallest absolute Gasteiger partial charge is 0.405 e. The Morgan fingerprint density at radius 3 is 2.55 bits per heavy atom. The van der Waals surface area contributed by atoms with E-state index in [4.69, 9.17) is 14.2 Å². The number of sulfonamides is 1. The van der Waals surface area contributed by atoms with Crippen LogP contribution >= 0.6 is 0 Å². The number of amides is 4. The van der Waals surface area contributed by atoms with Crippen molar-refractivity contribution in [2.24, 2.45) is 17.8 Å². The molecule has 53 heavy (non-hydrogen) atoms. The number of fused-ring (bicyclic) bond motifs is 3. The van der Waals surface area contributed by atoms with Crippen LogP contribution in [0.1, 0.15) is 58.8 Å². The average molecular weight is 760 g/mol. The van der Waals surface area contributed by atoms with Gasteiger partial charge in [0.1, 0.15) is 40.9 Å². The first-order chi connectivity index (χ1) is 25.2. The second-order valence-corrected chi connectivity index (χ2v) is 16.9. The lowest BCUT2D eigenvalue weighted by atomic mass is 9.88. The number of alkyl halides is 1. The lowest BCUT2D eigenvalue weighted by Gasteiger charge is -2.32. The van der Waals surface area contributed by atoms with Gasteiger partial charge in [-0.3, -0.25) is 19.1 Å². The summed E-state index contributed by atoms with van der Waals surface area (Å²) in [7, 11) is -1.41. The summed E-state index contributed by atoms with van der Waals surface area (Å²) in [6, 6.07) is 4.51. The van der Waals surface area contributed by atoms with E-state index in [2.05, 4.69) is 15.6 Å². The molecule has 0 radical (unpaired) electrons. The van der Waals surface area contributed by atoms with Gasteiger partial charge in [-0.15, -0.1) is 0 Å². The zero-order valence-electron chi connectivity index (χ0n) is 30.1. The second-order valence-electron chi connectivity index (χ2n) is 14.8. The monoisotopic (exact) mass is 759 g/mol. The minimum Gasteiger partial charge on any atom is -0.497 e. The van der Waals surface area contributed by atoms with Gasteiger partial charge in [0.25, 0.3) is 5.91 Å². The van der Waals surface area contributed by atoms with Crippen molar-refractivity contribution >= 4 is 44.6 Å². The van der Waals surface area contributed by atoms with Crippen LogP contribution in [0.15, 0.2) is 36.4 Å². The number of hydrogen-bond acceptors (Lipinski definition) is 10. The summed E-state index contributed by atoms with van der Waals surface area (Å²) >= 11 is 0. The van der Waals surface area contributed by atoms with Gasteiger partial charge in [0.05, 0.1) is 20.8 Å². The third-order valence-electron chi connectivity index (χ3n) is 11.0. The molecule has 4 amide bonds. The number of carbonyl (C=O) groups excluding carboxylic acids is 3. The Morgan fingerprint density at radius 1 is 1.13 bits per heavy atom. The number of hydrogen-bond donors (Lipinski definition) is 4. The minimum absolute atomic E-state index is 0.0693. The number of halogens is 1. The molecule has 0 spiro atoms. The van der Waals surface area contributed by atoms with Crippen LogP contribution in [-0.2, 0) is 24.4 Å². The maximum absolute atomic E-state index is 14.4. The van der Waals surface area contributed by atoms with Crippen molar-refractivity contribution in [2.75, 3.05) is 27.4 Å². The van der Waals surface area contributed by atoms with E-state index in [9.17, 15) is 37.1 Å². The molecule has 2 saturated carbocycles. The first kappa shape index (κ1) is 38.1. The molecule has 0 bridgehead atoms. The summed E-state index contributed by atoms with van der Waals surface area (Å²) in [4.78, 5) is 60.3. The van der Waals surface area contributed by atoms with Crippen molar-refractivity contribution < 1.29 is 51.3 Å². The summed E-state index contributed by atoms with van der Waals surface area (Å²) in [5.41, 5.74) is -1.68. The van der Waals surface area contributed by atoms with Crippen molar-refractivity contribution in [3.8, 4) is 17.5 Å². The number of carboxylic acid groups (broad SMARTS) is 1. The SMILES string of the molecule is COc1ccc2c(O[C@@H]3C[C@H]4C(=O)N[C@]5(C(=O)NS(=O)(=O)C6(CF)CC6)C[C@H]5C=CCC[C@H](C)C[C@@H](C)[C@H](NC(=O)O)C(=O)N4C3)nc(OC)cc2c1. The number of allylic oxidation sites excluding steroid dienone is 1. The fourth-order valence-electron chi connectivity index (χ4n) is 7.54. The first-order valence-electron chi connectivity index (χ1n) is 17.8. The summed E-state index contributed by atoms with van der Waals surface area (Å²) in [6.07, 6.45) is 3.36. The van der Waals surface area contributed by atoms with Crippen LogP contribution in [0, 0.1) is 17.8 Å². The van der Waals surface area contributed by atoms with Crippen molar-refractivity contribution in [3.05, 3.63) is 36.4 Å². The van der Waals surface area contributed by atoms with Crippen LogP contribution in [0.4, 0.5) is 9.18 Å². The van der Waals surface area contributed by atoms with Gasteiger partial charge < -0.3 is 34.9 Å². The Morgan fingerprint density at radius 2 is 1.89 bits per heavy atom. The van der Waals surface area contributed by atoms with Crippen molar-refractivity contribution in [1.29, 1.82) is 0 Å². The molecule has 3 heterocycles. The van der Waals surface area contributed by atoms with Crippen LogP contribution < -0.4 is 29.6 Å². The molecule has 0 unspecified atom stereocenters. The van der Waals surface area contributed by atoms with E-state index >= 15 is 0 Å². The average Bonchev–Trinajstić information content (AvgIpc) is 4.02. The number of carbonyl (C=O) groups is 4. The zero-order chi connectivity index (χ0) is 38.3. The molecule has 1 aromatic heterocycles. The highest BCUT2D eigenvalue weighted by atomic mass is 32.2. The molecule has 1 aromatic carbocycles. The fraction of sp³-hybridized carbons (Fsp3) is 0.583. The van der Waals surface area contributed by atoms with Crippen molar-refractivity contribution in [1.82, 2.24) is 25.2 Å². The van der Waals surface area contributed by atoms with E-state index in [-0.39, 0.29) is 49.9 Å². The number of rotatable bonds is 9.